The van der Waals surface area contributed by atoms with Crippen molar-refractivity contribution >= 4 is 11.7 Å². The quantitative estimate of drug-likeness (QED) is 0.684. The number of rotatable bonds is 0. The SMILES string of the molecule is CC1=CC(=O)CC(C)(C)C1.O=C1CCCN1. The molecule has 16 heavy (non-hydrogen) atoms. The molecule has 1 fully saturated rings. The first-order chi connectivity index (χ1) is 7.39. The van der Waals surface area contributed by atoms with Gasteiger partial charge in [-0.3, -0.25) is 9.59 Å². The summed E-state index contributed by atoms with van der Waals surface area (Å²) in [4.78, 5) is 21.1. The highest BCUT2D eigenvalue weighted by atomic mass is 16.1. The van der Waals surface area contributed by atoms with E-state index >= 15 is 0 Å². The van der Waals surface area contributed by atoms with E-state index in [-0.39, 0.29) is 17.1 Å². The van der Waals surface area contributed by atoms with Crippen molar-refractivity contribution in [3.05, 3.63) is 11.6 Å². The molecule has 0 aromatic carbocycles. The highest BCUT2D eigenvalue weighted by molar-refractivity contribution is 5.91. The topological polar surface area (TPSA) is 46.2 Å². The van der Waals surface area contributed by atoms with Gasteiger partial charge in [0.1, 0.15) is 0 Å². The van der Waals surface area contributed by atoms with Crippen LogP contribution >= 0.6 is 0 Å². The van der Waals surface area contributed by atoms with Crippen LogP contribution in [0.2, 0.25) is 0 Å². The van der Waals surface area contributed by atoms with Gasteiger partial charge in [0.15, 0.2) is 5.78 Å². The molecule has 0 unspecified atom stereocenters. The first-order valence-corrected chi connectivity index (χ1v) is 5.86. The lowest BCUT2D eigenvalue weighted by atomic mass is 9.77. The summed E-state index contributed by atoms with van der Waals surface area (Å²) in [6.07, 6.45) is 5.31. The molecule has 0 spiro atoms. The van der Waals surface area contributed by atoms with Crippen LogP contribution in [-0.4, -0.2) is 18.2 Å². The van der Waals surface area contributed by atoms with Gasteiger partial charge in [-0.2, -0.15) is 0 Å². The minimum atomic E-state index is 0.204. The largest absolute Gasteiger partial charge is 0.356 e. The number of hydrogen-bond donors (Lipinski definition) is 1. The molecule has 0 bridgehead atoms. The predicted molar refractivity (Wildman–Crippen MR) is 64.0 cm³/mol. The summed E-state index contributed by atoms with van der Waals surface area (Å²) in [7, 11) is 0. The molecule has 1 saturated heterocycles. The van der Waals surface area contributed by atoms with E-state index in [0.717, 1.165) is 25.8 Å². The molecule has 90 valence electrons. The van der Waals surface area contributed by atoms with Crippen molar-refractivity contribution in [3.8, 4) is 0 Å². The maximum Gasteiger partial charge on any atom is 0.220 e. The van der Waals surface area contributed by atoms with Gasteiger partial charge in [-0.15, -0.1) is 0 Å². The summed E-state index contributed by atoms with van der Waals surface area (Å²) in [5.74, 6) is 0.490. The van der Waals surface area contributed by atoms with Gasteiger partial charge < -0.3 is 5.32 Å². The molecule has 3 heteroatoms. The molecule has 0 aromatic rings. The average Bonchev–Trinajstić information content (AvgIpc) is 2.51. The smallest absolute Gasteiger partial charge is 0.220 e. The fourth-order valence-corrected chi connectivity index (χ4v) is 2.23. The van der Waals surface area contributed by atoms with Gasteiger partial charge in [-0.1, -0.05) is 19.4 Å². The Morgan fingerprint density at radius 2 is 1.94 bits per heavy atom. The number of hydrogen-bond acceptors (Lipinski definition) is 2. The molecule has 0 atom stereocenters. The maximum atomic E-state index is 11.0. The summed E-state index contributed by atoms with van der Waals surface area (Å²) >= 11 is 0. The summed E-state index contributed by atoms with van der Waals surface area (Å²) in [6, 6.07) is 0. The lowest BCUT2D eigenvalue weighted by Crippen LogP contribution is -2.20. The van der Waals surface area contributed by atoms with E-state index in [1.807, 2.05) is 6.92 Å². The Balaban J connectivity index is 0.000000181. The van der Waals surface area contributed by atoms with Crippen molar-refractivity contribution in [3.63, 3.8) is 0 Å². The van der Waals surface area contributed by atoms with Gasteiger partial charge in [0.05, 0.1) is 0 Å². The van der Waals surface area contributed by atoms with E-state index in [1.165, 1.54) is 5.57 Å². The number of amides is 1. The number of carbonyl (C=O) groups excluding carboxylic acids is 2. The third-order valence-corrected chi connectivity index (χ3v) is 2.72. The van der Waals surface area contributed by atoms with Gasteiger partial charge in [-0.25, -0.2) is 0 Å². The zero-order chi connectivity index (χ0) is 12.2. The highest BCUT2D eigenvalue weighted by Crippen LogP contribution is 2.32. The fraction of sp³-hybridized carbons (Fsp3) is 0.692. The van der Waals surface area contributed by atoms with Crippen molar-refractivity contribution in [2.24, 2.45) is 5.41 Å². The Kier molecular flexibility index (Phi) is 4.27. The second kappa shape index (κ2) is 5.28. The van der Waals surface area contributed by atoms with Crippen LogP contribution in [0.25, 0.3) is 0 Å². The van der Waals surface area contributed by atoms with Gasteiger partial charge >= 0.3 is 0 Å². The third-order valence-electron chi connectivity index (χ3n) is 2.72. The third kappa shape index (κ3) is 4.60. The molecular formula is C13H21NO2. The molecule has 1 heterocycles. The predicted octanol–water partition coefficient (Wildman–Crippen LogP) is 2.22. The lowest BCUT2D eigenvalue weighted by Gasteiger charge is -2.27. The van der Waals surface area contributed by atoms with E-state index in [9.17, 15) is 9.59 Å². The van der Waals surface area contributed by atoms with E-state index in [0.29, 0.717) is 6.42 Å². The lowest BCUT2D eigenvalue weighted by molar-refractivity contribution is -0.119. The van der Waals surface area contributed by atoms with Crippen molar-refractivity contribution in [1.29, 1.82) is 0 Å². The first-order valence-electron chi connectivity index (χ1n) is 5.86. The number of nitrogens with one attached hydrogen (secondary N) is 1. The van der Waals surface area contributed by atoms with Gasteiger partial charge in [0.25, 0.3) is 0 Å². The Morgan fingerprint density at radius 3 is 2.25 bits per heavy atom. The van der Waals surface area contributed by atoms with Crippen molar-refractivity contribution in [2.45, 2.75) is 46.5 Å². The molecule has 1 N–H and O–H groups in total. The van der Waals surface area contributed by atoms with E-state index in [2.05, 4.69) is 19.2 Å². The van der Waals surface area contributed by atoms with E-state index < -0.39 is 0 Å². The minimum absolute atomic E-state index is 0.204. The molecular weight excluding hydrogens is 202 g/mol. The molecule has 2 rings (SSSR count). The Bertz CT molecular complexity index is 308. The van der Waals surface area contributed by atoms with Gasteiger partial charge in [0.2, 0.25) is 5.91 Å². The second-order valence-corrected chi connectivity index (χ2v) is 5.43. The Labute approximate surface area is 97.3 Å². The van der Waals surface area contributed by atoms with Crippen LogP contribution in [0, 0.1) is 5.41 Å². The van der Waals surface area contributed by atoms with Crippen LogP contribution in [0.1, 0.15) is 46.5 Å². The summed E-state index contributed by atoms with van der Waals surface area (Å²) in [6.45, 7) is 7.19. The monoisotopic (exact) mass is 223 g/mol. The zero-order valence-corrected chi connectivity index (χ0v) is 10.4. The molecule has 3 nitrogen and oxygen atoms in total. The van der Waals surface area contributed by atoms with Crippen molar-refractivity contribution in [2.75, 3.05) is 6.54 Å². The standard InChI is InChI=1S/C9H14O.C4H7NO/c1-7-4-8(10)6-9(2,3)5-7;6-4-2-1-3-5-4/h4H,5-6H2,1-3H3;1-3H2,(H,5,6). The summed E-state index contributed by atoms with van der Waals surface area (Å²) < 4.78 is 0. The van der Waals surface area contributed by atoms with Crippen LogP contribution in [0.4, 0.5) is 0 Å². The molecule has 0 aromatic heterocycles. The summed E-state index contributed by atoms with van der Waals surface area (Å²) in [5, 5.41) is 2.68. The van der Waals surface area contributed by atoms with E-state index in [4.69, 9.17) is 0 Å². The molecule has 0 radical (unpaired) electrons. The van der Waals surface area contributed by atoms with Gasteiger partial charge in [0, 0.05) is 19.4 Å². The van der Waals surface area contributed by atoms with Crippen LogP contribution in [0.3, 0.4) is 0 Å². The molecule has 1 aliphatic carbocycles. The first kappa shape index (κ1) is 12.9. The van der Waals surface area contributed by atoms with Crippen LogP contribution in [0.5, 0.6) is 0 Å². The zero-order valence-electron chi connectivity index (χ0n) is 10.4. The van der Waals surface area contributed by atoms with Crippen molar-refractivity contribution < 1.29 is 9.59 Å². The fourth-order valence-electron chi connectivity index (χ4n) is 2.23. The second-order valence-electron chi connectivity index (χ2n) is 5.43. The van der Waals surface area contributed by atoms with E-state index in [1.54, 1.807) is 6.08 Å². The highest BCUT2D eigenvalue weighted by Gasteiger charge is 2.25. The number of allylic oxidation sites excluding steroid dienone is 2. The normalized spacial score (nSPS) is 23.1. The number of ketones is 1. The molecule has 1 aliphatic heterocycles. The average molecular weight is 223 g/mol. The minimum Gasteiger partial charge on any atom is -0.356 e. The van der Waals surface area contributed by atoms with Crippen LogP contribution in [-0.2, 0) is 9.59 Å². The molecule has 2 aliphatic rings. The Morgan fingerprint density at radius 1 is 1.25 bits per heavy atom. The maximum absolute atomic E-state index is 11.0. The van der Waals surface area contributed by atoms with Crippen molar-refractivity contribution in [1.82, 2.24) is 5.32 Å². The number of carbonyl (C=O) groups is 2. The van der Waals surface area contributed by atoms with Crippen LogP contribution < -0.4 is 5.32 Å². The summed E-state index contributed by atoms with van der Waals surface area (Å²) in [5.41, 5.74) is 1.43. The molecule has 1 amide bonds. The Hall–Kier alpha value is -1.12. The van der Waals surface area contributed by atoms with Crippen LogP contribution in [0.15, 0.2) is 11.6 Å². The van der Waals surface area contributed by atoms with Gasteiger partial charge in [-0.05, 0) is 31.3 Å². The molecule has 0 saturated carbocycles.